The first kappa shape index (κ1) is 21.0. The highest BCUT2D eigenvalue weighted by atomic mass is 79.9. The van der Waals surface area contributed by atoms with Crippen molar-refractivity contribution in [1.29, 1.82) is 0 Å². The molecule has 3 rings (SSSR count). The zero-order chi connectivity index (χ0) is 20.3. The standard InChI is InChI=1S/C20H22BrFN2O3S/c1-14-5-2-3-6-16(14)13-28(26,27)24-10-4-7-15(12-24)20(25)23-19-9-8-17(21)11-18(19)22/h2-3,5-6,8-9,11,15H,4,7,10,12-13H2,1H3,(H,23,25)/t15-/m0/s1. The molecule has 0 saturated carbocycles. The highest BCUT2D eigenvalue weighted by Crippen LogP contribution is 2.25. The van der Waals surface area contributed by atoms with Crippen molar-refractivity contribution in [2.75, 3.05) is 18.4 Å². The van der Waals surface area contributed by atoms with E-state index in [0.717, 1.165) is 11.1 Å². The van der Waals surface area contributed by atoms with E-state index in [1.807, 2.05) is 25.1 Å². The van der Waals surface area contributed by atoms with Gasteiger partial charge in [-0.3, -0.25) is 4.79 Å². The molecule has 1 saturated heterocycles. The summed E-state index contributed by atoms with van der Waals surface area (Å²) in [6, 6.07) is 11.8. The number of amides is 1. The van der Waals surface area contributed by atoms with Crippen molar-refractivity contribution in [1.82, 2.24) is 4.31 Å². The zero-order valence-electron chi connectivity index (χ0n) is 15.5. The summed E-state index contributed by atoms with van der Waals surface area (Å²) in [5, 5.41) is 2.58. The van der Waals surface area contributed by atoms with Crippen LogP contribution in [-0.4, -0.2) is 31.7 Å². The van der Waals surface area contributed by atoms with Crippen LogP contribution in [0, 0.1) is 18.7 Å². The van der Waals surface area contributed by atoms with Gasteiger partial charge in [0.1, 0.15) is 5.82 Å². The largest absolute Gasteiger partial charge is 0.323 e. The monoisotopic (exact) mass is 468 g/mol. The van der Waals surface area contributed by atoms with Crippen LogP contribution in [0.25, 0.3) is 0 Å². The van der Waals surface area contributed by atoms with Gasteiger partial charge in [0.15, 0.2) is 0 Å². The van der Waals surface area contributed by atoms with Crippen molar-refractivity contribution in [2.24, 2.45) is 5.92 Å². The van der Waals surface area contributed by atoms with Gasteiger partial charge in [-0.1, -0.05) is 40.2 Å². The van der Waals surface area contributed by atoms with Crippen LogP contribution < -0.4 is 5.32 Å². The minimum atomic E-state index is -3.54. The SMILES string of the molecule is Cc1ccccc1CS(=O)(=O)N1CCC[C@H](C(=O)Nc2ccc(Br)cc2F)C1. The Kier molecular flexibility index (Phi) is 6.52. The maximum atomic E-state index is 14.0. The quantitative estimate of drug-likeness (QED) is 0.718. The molecular formula is C20H22BrFN2O3S. The zero-order valence-corrected chi connectivity index (χ0v) is 17.9. The van der Waals surface area contributed by atoms with Crippen LogP contribution in [0.1, 0.15) is 24.0 Å². The van der Waals surface area contributed by atoms with Crippen LogP contribution >= 0.6 is 15.9 Å². The highest BCUT2D eigenvalue weighted by Gasteiger charge is 2.32. The number of carbonyl (C=O) groups excluding carboxylic acids is 1. The van der Waals surface area contributed by atoms with Gasteiger partial charge in [-0.2, -0.15) is 0 Å². The minimum absolute atomic E-state index is 0.0879. The topological polar surface area (TPSA) is 66.5 Å². The third-order valence-corrected chi connectivity index (χ3v) is 7.22. The smallest absolute Gasteiger partial charge is 0.228 e. The van der Waals surface area contributed by atoms with Crippen LogP contribution in [-0.2, 0) is 20.6 Å². The molecule has 28 heavy (non-hydrogen) atoms. The molecule has 2 aromatic carbocycles. The molecule has 2 aromatic rings. The van der Waals surface area contributed by atoms with Crippen molar-refractivity contribution in [3.05, 3.63) is 63.9 Å². The molecule has 1 fully saturated rings. The second kappa shape index (κ2) is 8.71. The number of nitrogens with zero attached hydrogens (tertiary/aromatic N) is 1. The Morgan fingerprint density at radius 1 is 1.29 bits per heavy atom. The molecule has 0 aliphatic carbocycles. The Morgan fingerprint density at radius 3 is 2.75 bits per heavy atom. The van der Waals surface area contributed by atoms with E-state index in [0.29, 0.717) is 23.9 Å². The summed E-state index contributed by atoms with van der Waals surface area (Å²) >= 11 is 3.17. The van der Waals surface area contributed by atoms with Crippen molar-refractivity contribution in [3.8, 4) is 0 Å². The second-order valence-electron chi connectivity index (χ2n) is 6.99. The molecule has 1 atom stereocenters. The molecule has 0 aromatic heterocycles. The van der Waals surface area contributed by atoms with Crippen molar-refractivity contribution in [3.63, 3.8) is 0 Å². The lowest BCUT2D eigenvalue weighted by atomic mass is 9.98. The molecular weight excluding hydrogens is 447 g/mol. The molecule has 0 spiro atoms. The summed E-state index contributed by atoms with van der Waals surface area (Å²) in [6.45, 7) is 2.38. The minimum Gasteiger partial charge on any atom is -0.323 e. The molecule has 1 amide bonds. The number of nitrogens with one attached hydrogen (secondary N) is 1. The van der Waals surface area contributed by atoms with Crippen LogP contribution in [0.4, 0.5) is 10.1 Å². The third kappa shape index (κ3) is 4.98. The van der Waals surface area contributed by atoms with Gasteiger partial charge in [-0.05, 0) is 49.1 Å². The fourth-order valence-electron chi connectivity index (χ4n) is 3.29. The molecule has 0 unspecified atom stereocenters. The molecule has 5 nitrogen and oxygen atoms in total. The summed E-state index contributed by atoms with van der Waals surface area (Å²) < 4.78 is 41.6. The van der Waals surface area contributed by atoms with Crippen molar-refractivity contribution >= 4 is 37.5 Å². The first-order valence-corrected chi connectivity index (χ1v) is 11.4. The number of benzene rings is 2. The lowest BCUT2D eigenvalue weighted by Crippen LogP contribution is -2.44. The Hall–Kier alpha value is -1.77. The van der Waals surface area contributed by atoms with Gasteiger partial charge < -0.3 is 5.32 Å². The van der Waals surface area contributed by atoms with Gasteiger partial charge in [0, 0.05) is 17.6 Å². The van der Waals surface area contributed by atoms with Gasteiger partial charge in [-0.25, -0.2) is 17.1 Å². The Balaban J connectivity index is 1.69. The fraction of sp³-hybridized carbons (Fsp3) is 0.350. The number of rotatable bonds is 5. The second-order valence-corrected chi connectivity index (χ2v) is 9.88. The van der Waals surface area contributed by atoms with E-state index in [1.165, 1.54) is 16.4 Å². The Morgan fingerprint density at radius 2 is 2.04 bits per heavy atom. The van der Waals surface area contributed by atoms with Crippen LogP contribution in [0.5, 0.6) is 0 Å². The average molecular weight is 469 g/mol. The molecule has 1 aliphatic rings. The fourth-order valence-corrected chi connectivity index (χ4v) is 5.34. The number of halogens is 2. The number of sulfonamides is 1. The average Bonchev–Trinajstić information content (AvgIpc) is 2.66. The van der Waals surface area contributed by atoms with Crippen LogP contribution in [0.2, 0.25) is 0 Å². The molecule has 150 valence electrons. The number of aryl methyl sites for hydroxylation is 1. The summed E-state index contributed by atoms with van der Waals surface area (Å²) in [4.78, 5) is 12.6. The van der Waals surface area contributed by atoms with Gasteiger partial charge >= 0.3 is 0 Å². The molecule has 8 heteroatoms. The first-order valence-electron chi connectivity index (χ1n) is 9.04. The summed E-state index contributed by atoms with van der Waals surface area (Å²) in [6.07, 6.45) is 1.16. The first-order chi connectivity index (χ1) is 13.3. The van der Waals surface area contributed by atoms with Gasteiger partial charge in [0.25, 0.3) is 0 Å². The van der Waals surface area contributed by atoms with E-state index in [-0.39, 0.29) is 23.9 Å². The maximum Gasteiger partial charge on any atom is 0.228 e. The van der Waals surface area contributed by atoms with Crippen molar-refractivity contribution < 1.29 is 17.6 Å². The normalized spacial score (nSPS) is 18.0. The molecule has 1 heterocycles. The summed E-state index contributed by atoms with van der Waals surface area (Å²) in [7, 11) is -3.54. The third-order valence-electron chi connectivity index (χ3n) is 4.94. The van der Waals surface area contributed by atoms with E-state index in [2.05, 4.69) is 21.2 Å². The van der Waals surface area contributed by atoms with E-state index < -0.39 is 21.8 Å². The van der Waals surface area contributed by atoms with Crippen LogP contribution in [0.3, 0.4) is 0 Å². The van der Waals surface area contributed by atoms with E-state index in [1.54, 1.807) is 12.1 Å². The predicted molar refractivity (Wildman–Crippen MR) is 111 cm³/mol. The number of hydrogen-bond acceptors (Lipinski definition) is 3. The van der Waals surface area contributed by atoms with E-state index in [9.17, 15) is 17.6 Å². The lowest BCUT2D eigenvalue weighted by molar-refractivity contribution is -0.120. The van der Waals surface area contributed by atoms with E-state index in [4.69, 9.17) is 0 Å². The molecule has 1 N–H and O–H groups in total. The maximum absolute atomic E-state index is 14.0. The Labute approximate surface area is 173 Å². The van der Waals surface area contributed by atoms with Crippen molar-refractivity contribution in [2.45, 2.75) is 25.5 Å². The summed E-state index contributed by atoms with van der Waals surface area (Å²) in [5.74, 6) is -1.50. The van der Waals surface area contributed by atoms with Gasteiger partial charge in [-0.15, -0.1) is 0 Å². The molecule has 0 bridgehead atoms. The summed E-state index contributed by atoms with van der Waals surface area (Å²) in [5.41, 5.74) is 1.77. The Bertz CT molecular complexity index is 981. The van der Waals surface area contributed by atoms with Gasteiger partial charge in [0.05, 0.1) is 17.4 Å². The van der Waals surface area contributed by atoms with Gasteiger partial charge in [0.2, 0.25) is 15.9 Å². The number of anilines is 1. The molecule has 0 radical (unpaired) electrons. The number of piperidine rings is 1. The van der Waals surface area contributed by atoms with E-state index >= 15 is 0 Å². The predicted octanol–water partition coefficient (Wildman–Crippen LogP) is 4.08. The molecule has 1 aliphatic heterocycles. The number of hydrogen-bond donors (Lipinski definition) is 1. The van der Waals surface area contributed by atoms with Crippen LogP contribution in [0.15, 0.2) is 46.9 Å². The number of carbonyl (C=O) groups is 1. The lowest BCUT2D eigenvalue weighted by Gasteiger charge is -2.31. The highest BCUT2D eigenvalue weighted by molar-refractivity contribution is 9.10.